The summed E-state index contributed by atoms with van der Waals surface area (Å²) in [4.78, 5) is 0. The largest absolute Gasteiger partial charge is 0.383 e. The average Bonchev–Trinajstić information content (AvgIpc) is 2.41. The molecule has 0 heterocycles. The topological polar surface area (TPSA) is 54.5 Å². The van der Waals surface area contributed by atoms with Gasteiger partial charge < -0.3 is 25.4 Å². The number of ether oxygens (including phenoxy) is 2. The van der Waals surface area contributed by atoms with Crippen LogP contribution in [0.2, 0.25) is 0 Å². The van der Waals surface area contributed by atoms with Crippen molar-refractivity contribution in [1.29, 1.82) is 0 Å². The highest BCUT2D eigenvalue weighted by atomic mass is 16.5. The van der Waals surface area contributed by atoms with E-state index in [2.05, 4.69) is 57.5 Å². The maximum atomic E-state index is 6.01. The van der Waals surface area contributed by atoms with E-state index < -0.39 is 0 Å². The maximum absolute atomic E-state index is 6.01. The Labute approximate surface area is 131 Å². The minimum Gasteiger partial charge on any atom is -0.383 e. The summed E-state index contributed by atoms with van der Waals surface area (Å²) in [6.45, 7) is 17.0. The van der Waals surface area contributed by atoms with Crippen molar-refractivity contribution in [1.82, 2.24) is 16.0 Å². The van der Waals surface area contributed by atoms with Gasteiger partial charge in [0.1, 0.15) is 0 Å². The molecule has 0 aliphatic heterocycles. The van der Waals surface area contributed by atoms with Crippen LogP contribution in [-0.2, 0) is 9.47 Å². The van der Waals surface area contributed by atoms with E-state index in [1.54, 1.807) is 7.11 Å². The van der Waals surface area contributed by atoms with Crippen molar-refractivity contribution in [3.63, 3.8) is 0 Å². The first-order chi connectivity index (χ1) is 9.76. The smallest absolute Gasteiger partial charge is 0.0751 e. The van der Waals surface area contributed by atoms with Crippen molar-refractivity contribution < 1.29 is 9.47 Å². The Bertz CT molecular complexity index is 248. The highest BCUT2D eigenvalue weighted by Crippen LogP contribution is 2.08. The van der Waals surface area contributed by atoms with E-state index in [4.69, 9.17) is 9.47 Å². The number of methoxy groups -OCH3 is 1. The third kappa shape index (κ3) is 13.2. The van der Waals surface area contributed by atoms with Gasteiger partial charge in [0.2, 0.25) is 0 Å². The number of nitrogens with one attached hydrogen (secondary N) is 3. The van der Waals surface area contributed by atoms with Crippen LogP contribution < -0.4 is 16.0 Å². The molecule has 0 saturated heterocycles. The molecule has 0 amide bonds. The van der Waals surface area contributed by atoms with Gasteiger partial charge in [-0.3, -0.25) is 0 Å². The second-order valence-electron chi connectivity index (χ2n) is 6.76. The quantitative estimate of drug-likeness (QED) is 0.449. The molecule has 5 heteroatoms. The fraction of sp³-hybridized carbons (Fsp3) is 1.00. The maximum Gasteiger partial charge on any atom is 0.0751 e. The number of hydrogen-bond donors (Lipinski definition) is 3. The molecule has 0 radical (unpaired) electrons. The van der Waals surface area contributed by atoms with Gasteiger partial charge in [0.25, 0.3) is 0 Å². The van der Waals surface area contributed by atoms with E-state index in [9.17, 15) is 0 Å². The third-order valence-corrected chi connectivity index (χ3v) is 3.23. The zero-order valence-corrected chi connectivity index (χ0v) is 15.1. The van der Waals surface area contributed by atoms with Gasteiger partial charge in [-0.1, -0.05) is 13.8 Å². The summed E-state index contributed by atoms with van der Waals surface area (Å²) in [6, 6.07) is 1.26. The predicted octanol–water partition coefficient (Wildman–Crippen LogP) is 1.38. The third-order valence-electron chi connectivity index (χ3n) is 3.23. The van der Waals surface area contributed by atoms with Crippen molar-refractivity contribution >= 4 is 0 Å². The molecule has 0 aliphatic rings. The molecular formula is C16H37N3O2. The summed E-state index contributed by atoms with van der Waals surface area (Å²) in [5, 5.41) is 10.3. The second-order valence-corrected chi connectivity index (χ2v) is 6.76. The fourth-order valence-corrected chi connectivity index (χ4v) is 1.77. The van der Waals surface area contributed by atoms with Gasteiger partial charge in [-0.05, 0) is 27.7 Å². The lowest BCUT2D eigenvalue weighted by atomic mass is 10.1. The normalized spacial score (nSPS) is 15.4. The van der Waals surface area contributed by atoms with Gasteiger partial charge in [0, 0.05) is 44.9 Å². The van der Waals surface area contributed by atoms with Crippen LogP contribution in [0.3, 0.4) is 0 Å². The molecule has 0 aromatic rings. The Kier molecular flexibility index (Phi) is 11.3. The van der Waals surface area contributed by atoms with E-state index in [1.807, 2.05) is 0 Å². The molecule has 0 bridgehead atoms. The van der Waals surface area contributed by atoms with E-state index in [1.165, 1.54) is 0 Å². The molecule has 3 N–H and O–H groups in total. The minimum absolute atomic E-state index is 0.136. The zero-order chi connectivity index (χ0) is 16.3. The molecule has 21 heavy (non-hydrogen) atoms. The van der Waals surface area contributed by atoms with Gasteiger partial charge in [0.05, 0.1) is 18.8 Å². The Hall–Kier alpha value is -0.200. The summed E-state index contributed by atoms with van der Waals surface area (Å²) >= 11 is 0. The lowest BCUT2D eigenvalue weighted by molar-refractivity contribution is -0.0259. The van der Waals surface area contributed by atoms with E-state index in [0.717, 1.165) is 32.8 Å². The van der Waals surface area contributed by atoms with Crippen LogP contribution in [0, 0.1) is 0 Å². The van der Waals surface area contributed by atoms with Crippen molar-refractivity contribution in [2.75, 3.05) is 40.0 Å². The summed E-state index contributed by atoms with van der Waals surface area (Å²) in [5.74, 6) is 0. The Balaban J connectivity index is 3.75. The van der Waals surface area contributed by atoms with Crippen LogP contribution in [-0.4, -0.2) is 63.7 Å². The molecule has 128 valence electrons. The predicted molar refractivity (Wildman–Crippen MR) is 90.0 cm³/mol. The molecular weight excluding hydrogens is 266 g/mol. The minimum atomic E-state index is -0.136. The van der Waals surface area contributed by atoms with Crippen LogP contribution in [0.4, 0.5) is 0 Å². The summed E-state index contributed by atoms with van der Waals surface area (Å²) in [6.07, 6.45) is 0. The van der Waals surface area contributed by atoms with Crippen LogP contribution in [0.1, 0.15) is 41.5 Å². The van der Waals surface area contributed by atoms with Crippen LogP contribution in [0.15, 0.2) is 0 Å². The molecule has 0 aromatic heterocycles. The van der Waals surface area contributed by atoms with Gasteiger partial charge in [-0.25, -0.2) is 0 Å². The van der Waals surface area contributed by atoms with Crippen molar-refractivity contribution in [3.8, 4) is 0 Å². The molecule has 0 rings (SSSR count). The van der Waals surface area contributed by atoms with Crippen molar-refractivity contribution in [3.05, 3.63) is 0 Å². The monoisotopic (exact) mass is 303 g/mol. The molecule has 5 nitrogen and oxygen atoms in total. The van der Waals surface area contributed by atoms with Gasteiger partial charge in [-0.2, -0.15) is 0 Å². The molecule has 0 saturated carbocycles. The number of hydrogen-bond acceptors (Lipinski definition) is 5. The summed E-state index contributed by atoms with van der Waals surface area (Å²) in [7, 11) is 1.72. The fourth-order valence-electron chi connectivity index (χ4n) is 1.77. The van der Waals surface area contributed by atoms with Crippen LogP contribution in [0.5, 0.6) is 0 Å². The Morgan fingerprint density at radius 2 is 1.62 bits per heavy atom. The summed E-state index contributed by atoms with van der Waals surface area (Å²) < 4.78 is 11.0. The Morgan fingerprint density at radius 3 is 2.19 bits per heavy atom. The average molecular weight is 303 g/mol. The lowest BCUT2D eigenvalue weighted by Crippen LogP contribution is -2.45. The van der Waals surface area contributed by atoms with Crippen molar-refractivity contribution in [2.24, 2.45) is 0 Å². The SMILES string of the molecule is COCCNC(C)CNC(C)COC(C)(C)CNC(C)C. The highest BCUT2D eigenvalue weighted by molar-refractivity contribution is 4.75. The number of rotatable bonds is 13. The van der Waals surface area contributed by atoms with Crippen molar-refractivity contribution in [2.45, 2.75) is 65.3 Å². The van der Waals surface area contributed by atoms with Gasteiger partial charge in [-0.15, -0.1) is 0 Å². The summed E-state index contributed by atoms with van der Waals surface area (Å²) in [5.41, 5.74) is -0.136. The highest BCUT2D eigenvalue weighted by Gasteiger charge is 2.19. The lowest BCUT2D eigenvalue weighted by Gasteiger charge is -2.29. The molecule has 0 aromatic carbocycles. The van der Waals surface area contributed by atoms with E-state index in [-0.39, 0.29) is 5.60 Å². The van der Waals surface area contributed by atoms with Gasteiger partial charge in [0.15, 0.2) is 0 Å². The zero-order valence-electron chi connectivity index (χ0n) is 15.1. The second kappa shape index (κ2) is 11.4. The molecule has 0 fully saturated rings. The van der Waals surface area contributed by atoms with E-state index >= 15 is 0 Å². The van der Waals surface area contributed by atoms with E-state index in [0.29, 0.717) is 18.1 Å². The standard InChI is InChI=1S/C16H37N3O2/c1-13(2)19-12-16(5,6)21-11-15(4)18-10-14(3)17-8-9-20-7/h13-15,17-19H,8-12H2,1-7H3. The molecule has 2 atom stereocenters. The first-order valence-electron chi connectivity index (χ1n) is 8.10. The van der Waals surface area contributed by atoms with Gasteiger partial charge >= 0.3 is 0 Å². The first-order valence-corrected chi connectivity index (χ1v) is 8.10. The Morgan fingerprint density at radius 1 is 0.952 bits per heavy atom. The molecule has 2 unspecified atom stereocenters. The molecule has 0 aliphatic carbocycles. The van der Waals surface area contributed by atoms with Crippen LogP contribution in [0.25, 0.3) is 0 Å². The molecule has 0 spiro atoms. The van der Waals surface area contributed by atoms with Crippen LogP contribution >= 0.6 is 0 Å². The first kappa shape index (κ1) is 20.8.